The Labute approximate surface area is 260 Å². The second-order valence-corrected chi connectivity index (χ2v) is 12.1. The van der Waals surface area contributed by atoms with Gasteiger partial charge in [0.05, 0.1) is 22.5 Å². The molecular weight excluding hydrogens is 593 g/mol. The van der Waals surface area contributed by atoms with Crippen LogP contribution >= 0.6 is 22.7 Å². The van der Waals surface area contributed by atoms with Crippen molar-refractivity contribution in [2.75, 3.05) is 21.3 Å². The predicted molar refractivity (Wildman–Crippen MR) is 171 cm³/mol. The first kappa shape index (κ1) is 27.0. The monoisotopic (exact) mass is 614 g/mol. The highest BCUT2D eigenvalue weighted by Gasteiger charge is 2.39. The first-order valence-corrected chi connectivity index (χ1v) is 15.1. The molecule has 0 saturated carbocycles. The van der Waals surface area contributed by atoms with Gasteiger partial charge in [0.2, 0.25) is 0 Å². The Kier molecular flexibility index (Phi) is 6.43. The fourth-order valence-corrected chi connectivity index (χ4v) is 7.73. The van der Waals surface area contributed by atoms with Crippen LogP contribution in [0.2, 0.25) is 0 Å². The molecule has 0 radical (unpaired) electrons. The maximum atomic E-state index is 13.3. The number of anilines is 6. The molecule has 12 heteroatoms. The summed E-state index contributed by atoms with van der Waals surface area (Å²) in [5.41, 5.74) is 16.5. The number of nitrogens with two attached hydrogens (primary N) is 2. The van der Waals surface area contributed by atoms with Crippen molar-refractivity contribution in [3.63, 3.8) is 0 Å². The summed E-state index contributed by atoms with van der Waals surface area (Å²) in [5.74, 6) is -0.718. The van der Waals surface area contributed by atoms with Gasteiger partial charge in [0.25, 0.3) is 11.8 Å². The number of hydrogen-bond acceptors (Lipinski definition) is 10. The number of nitrogen functional groups attached to an aromatic ring is 2. The van der Waals surface area contributed by atoms with Gasteiger partial charge < -0.3 is 31.9 Å². The first-order valence-electron chi connectivity index (χ1n) is 13.5. The number of nitriles is 2. The second-order valence-electron chi connectivity index (χ2n) is 10.1. The molecule has 44 heavy (non-hydrogen) atoms. The molecule has 6 N–H and O–H groups in total. The van der Waals surface area contributed by atoms with E-state index < -0.39 is 12.3 Å². The number of nitrogens with zero attached hydrogens (tertiary/aromatic N) is 4. The minimum atomic E-state index is -0.593. The molecule has 0 spiro atoms. The third-order valence-corrected chi connectivity index (χ3v) is 9.86. The van der Waals surface area contributed by atoms with Gasteiger partial charge >= 0.3 is 0 Å². The number of thiophene rings is 2. The van der Waals surface area contributed by atoms with Gasteiger partial charge in [-0.2, -0.15) is 10.5 Å². The highest BCUT2D eigenvalue weighted by Crippen LogP contribution is 2.49. The van der Waals surface area contributed by atoms with Gasteiger partial charge in [-0.15, -0.1) is 22.7 Å². The zero-order valence-electron chi connectivity index (χ0n) is 22.8. The molecule has 7 rings (SSSR count). The molecule has 5 aromatic rings. The molecule has 214 valence electrons. The van der Waals surface area contributed by atoms with Gasteiger partial charge in [-0.05, 0) is 35.4 Å². The largest absolute Gasteiger partial charge is 0.396 e. The van der Waals surface area contributed by atoms with Crippen molar-refractivity contribution in [3.05, 3.63) is 117 Å². The Morgan fingerprint density at radius 1 is 0.614 bits per heavy atom. The molecule has 2 unspecified atom stereocenters. The van der Waals surface area contributed by atoms with E-state index in [0.717, 1.165) is 22.5 Å². The lowest BCUT2D eigenvalue weighted by molar-refractivity contribution is 0.0922. The topological polar surface area (TPSA) is 164 Å². The lowest BCUT2D eigenvalue weighted by Crippen LogP contribution is -2.44. The van der Waals surface area contributed by atoms with E-state index in [9.17, 15) is 20.1 Å². The highest BCUT2D eigenvalue weighted by molar-refractivity contribution is 7.18. The normalized spacial score (nSPS) is 17.1. The van der Waals surface area contributed by atoms with Gasteiger partial charge in [0, 0.05) is 11.4 Å². The van der Waals surface area contributed by atoms with Crippen molar-refractivity contribution in [3.8, 4) is 12.1 Å². The number of amides is 2. The number of hydrogen-bond donors (Lipinski definition) is 4. The molecule has 2 aliphatic rings. The van der Waals surface area contributed by atoms with Crippen LogP contribution < -0.4 is 31.9 Å². The lowest BCUT2D eigenvalue weighted by atomic mass is 10.0. The fourth-order valence-electron chi connectivity index (χ4n) is 5.60. The van der Waals surface area contributed by atoms with E-state index >= 15 is 0 Å². The van der Waals surface area contributed by atoms with E-state index in [4.69, 9.17) is 11.5 Å². The summed E-state index contributed by atoms with van der Waals surface area (Å²) in [4.78, 5) is 31.1. The quantitative estimate of drug-likeness (QED) is 0.195. The average molecular weight is 615 g/mol. The lowest BCUT2D eigenvalue weighted by Gasteiger charge is -2.39. The Bertz CT molecular complexity index is 1880. The summed E-state index contributed by atoms with van der Waals surface area (Å²) in [6, 6.07) is 31.0. The third-order valence-electron chi connectivity index (χ3n) is 7.64. The standard InChI is InChI=1S/C32H22N8O2S2/c33-15-21-25(35)23-29(41)37-27(39(31(23)43-21)19-7-3-1-4-8-19)17-11-13-18(14-12-17)28-38-30(42)24-26(36)22(16-34)44-32(24)40(28)20-9-5-2-6-10-20/h1-14,27-28H,35-36H2,(H,37,41)(H,38,42). The molecule has 2 atom stereocenters. The number of carbonyl (C=O) groups is 2. The van der Waals surface area contributed by atoms with Gasteiger partial charge in [0.1, 0.15) is 44.2 Å². The van der Waals surface area contributed by atoms with E-state index in [0.29, 0.717) is 10.0 Å². The Balaban J connectivity index is 1.31. The summed E-state index contributed by atoms with van der Waals surface area (Å²) in [5, 5.41) is 26.6. The number of para-hydroxylation sites is 2. The van der Waals surface area contributed by atoms with Crippen molar-refractivity contribution in [1.82, 2.24) is 10.6 Å². The number of fused-ring (bicyclic) bond motifs is 2. The van der Waals surface area contributed by atoms with Crippen LogP contribution in [0.4, 0.5) is 32.8 Å². The van der Waals surface area contributed by atoms with Crippen molar-refractivity contribution in [2.24, 2.45) is 0 Å². The van der Waals surface area contributed by atoms with Crippen LogP contribution in [-0.4, -0.2) is 11.8 Å². The van der Waals surface area contributed by atoms with E-state index in [1.807, 2.05) is 94.7 Å². The Hall–Kier alpha value is -5.82. The summed E-state index contributed by atoms with van der Waals surface area (Å²) < 4.78 is 0. The molecule has 0 bridgehead atoms. The number of nitrogens with one attached hydrogen (secondary N) is 2. The highest BCUT2D eigenvalue weighted by atomic mass is 32.1. The maximum absolute atomic E-state index is 13.3. The smallest absolute Gasteiger partial charge is 0.258 e. The van der Waals surface area contributed by atoms with Crippen LogP contribution in [-0.2, 0) is 0 Å². The van der Waals surface area contributed by atoms with Crippen LogP contribution in [0, 0.1) is 22.7 Å². The number of benzene rings is 3. The van der Waals surface area contributed by atoms with Crippen LogP contribution in [0.25, 0.3) is 0 Å². The number of carbonyl (C=O) groups excluding carboxylic acids is 2. The maximum Gasteiger partial charge on any atom is 0.258 e. The van der Waals surface area contributed by atoms with E-state index in [1.165, 1.54) is 22.7 Å². The molecule has 2 aliphatic heterocycles. The number of rotatable bonds is 4. The van der Waals surface area contributed by atoms with Crippen LogP contribution in [0.1, 0.15) is 53.9 Å². The van der Waals surface area contributed by atoms with E-state index in [2.05, 4.69) is 22.8 Å². The predicted octanol–water partition coefficient (Wildman–Crippen LogP) is 5.88. The molecule has 10 nitrogen and oxygen atoms in total. The third kappa shape index (κ3) is 4.13. The van der Waals surface area contributed by atoms with Crippen LogP contribution in [0.15, 0.2) is 84.9 Å². The van der Waals surface area contributed by atoms with Gasteiger partial charge in [-0.1, -0.05) is 60.7 Å². The Morgan fingerprint density at radius 2 is 0.977 bits per heavy atom. The summed E-state index contributed by atoms with van der Waals surface area (Å²) in [7, 11) is 0. The summed E-state index contributed by atoms with van der Waals surface area (Å²) in [6.07, 6.45) is -1.19. The molecule has 2 amide bonds. The average Bonchev–Trinajstić information content (AvgIpc) is 3.58. The van der Waals surface area contributed by atoms with Crippen molar-refractivity contribution in [2.45, 2.75) is 12.3 Å². The Morgan fingerprint density at radius 3 is 1.32 bits per heavy atom. The molecule has 3 aromatic carbocycles. The van der Waals surface area contributed by atoms with Crippen molar-refractivity contribution < 1.29 is 9.59 Å². The molecule has 0 saturated heterocycles. The van der Waals surface area contributed by atoms with Gasteiger partial charge in [0.15, 0.2) is 0 Å². The summed E-state index contributed by atoms with van der Waals surface area (Å²) in [6.45, 7) is 0. The van der Waals surface area contributed by atoms with Crippen LogP contribution in [0.3, 0.4) is 0 Å². The molecule has 0 aliphatic carbocycles. The molecular formula is C32H22N8O2S2. The first-order chi connectivity index (χ1) is 21.4. The zero-order valence-corrected chi connectivity index (χ0v) is 24.4. The minimum Gasteiger partial charge on any atom is -0.396 e. The van der Waals surface area contributed by atoms with Gasteiger partial charge in [-0.25, -0.2) is 0 Å². The van der Waals surface area contributed by atoms with Crippen molar-refractivity contribution >= 4 is 67.2 Å². The van der Waals surface area contributed by atoms with Crippen LogP contribution in [0.5, 0.6) is 0 Å². The fraction of sp³-hybridized carbons (Fsp3) is 0.0625. The second kappa shape index (κ2) is 10.5. The van der Waals surface area contributed by atoms with Crippen molar-refractivity contribution in [1.29, 1.82) is 10.5 Å². The van der Waals surface area contributed by atoms with E-state index in [1.54, 1.807) is 0 Å². The minimum absolute atomic E-state index is 0.168. The van der Waals surface area contributed by atoms with E-state index in [-0.39, 0.29) is 44.1 Å². The summed E-state index contributed by atoms with van der Waals surface area (Å²) >= 11 is 2.36. The molecule has 4 heterocycles. The molecule has 2 aromatic heterocycles. The SMILES string of the molecule is N#Cc1sc2c(c1N)C(=O)NC(c1ccc(C3NC(=O)c4c(sc(C#N)c4N)N3c3ccccc3)cc1)N2c1ccccc1. The molecule has 0 fully saturated rings. The zero-order chi connectivity index (χ0) is 30.5. The van der Waals surface area contributed by atoms with Gasteiger partial charge in [-0.3, -0.25) is 9.59 Å².